The van der Waals surface area contributed by atoms with E-state index in [0.717, 1.165) is 77.0 Å². The molecule has 0 amide bonds. The van der Waals surface area contributed by atoms with E-state index in [1.807, 2.05) is 0 Å². The van der Waals surface area contributed by atoms with Gasteiger partial charge in [-0.2, -0.15) is 0 Å². The van der Waals surface area contributed by atoms with Crippen LogP contribution in [0.2, 0.25) is 0 Å². The quantitative estimate of drug-likeness (QED) is 0.297. The van der Waals surface area contributed by atoms with Gasteiger partial charge in [-0.3, -0.25) is 19.3 Å². The Labute approximate surface area is 205 Å². The Kier molecular flexibility index (Phi) is 12.2. The molecule has 7 heteroatoms. The number of carbonyl (C=O) groups excluding carboxylic acids is 3. The lowest BCUT2D eigenvalue weighted by Gasteiger charge is -2.25. The lowest BCUT2D eigenvalue weighted by Crippen LogP contribution is -2.36. The summed E-state index contributed by atoms with van der Waals surface area (Å²) in [5.41, 5.74) is 0. The molecular weight excluding hydrogens is 434 g/mol. The molecular formula is C27H45NO6. The molecule has 0 spiro atoms. The van der Waals surface area contributed by atoms with Crippen molar-refractivity contribution in [2.24, 2.45) is 17.8 Å². The summed E-state index contributed by atoms with van der Waals surface area (Å²) < 4.78 is 16.7. The van der Waals surface area contributed by atoms with E-state index in [2.05, 4.69) is 4.90 Å². The van der Waals surface area contributed by atoms with Crippen molar-refractivity contribution in [3.05, 3.63) is 0 Å². The molecule has 0 aromatic rings. The van der Waals surface area contributed by atoms with Gasteiger partial charge in [0, 0.05) is 19.6 Å². The number of hydrogen-bond acceptors (Lipinski definition) is 7. The lowest BCUT2D eigenvalue weighted by molar-refractivity contribution is -0.150. The molecule has 0 aromatic carbocycles. The largest absolute Gasteiger partial charge is 0.464 e. The van der Waals surface area contributed by atoms with Gasteiger partial charge in [0.2, 0.25) is 0 Å². The zero-order valence-corrected chi connectivity index (χ0v) is 21.0. The van der Waals surface area contributed by atoms with Gasteiger partial charge in [0.05, 0.1) is 17.8 Å². The predicted octanol–water partition coefficient (Wildman–Crippen LogP) is 4.66. The highest BCUT2D eigenvalue weighted by atomic mass is 16.5. The topological polar surface area (TPSA) is 82.1 Å². The van der Waals surface area contributed by atoms with E-state index in [1.165, 1.54) is 19.3 Å². The van der Waals surface area contributed by atoms with E-state index in [9.17, 15) is 14.4 Å². The molecule has 3 fully saturated rings. The third-order valence-corrected chi connectivity index (χ3v) is 7.77. The van der Waals surface area contributed by atoms with Crippen LogP contribution in [0.4, 0.5) is 0 Å². The van der Waals surface area contributed by atoms with Crippen molar-refractivity contribution < 1.29 is 28.6 Å². The van der Waals surface area contributed by atoms with Crippen molar-refractivity contribution in [2.75, 3.05) is 39.5 Å². The molecule has 3 aliphatic carbocycles. The van der Waals surface area contributed by atoms with E-state index in [-0.39, 0.29) is 35.7 Å². The Morgan fingerprint density at radius 2 is 0.735 bits per heavy atom. The highest BCUT2D eigenvalue weighted by Crippen LogP contribution is 2.26. The summed E-state index contributed by atoms with van der Waals surface area (Å²) in [7, 11) is 0. The lowest BCUT2D eigenvalue weighted by atomic mass is 9.89. The normalized spacial score (nSPS) is 20.7. The molecule has 7 nitrogen and oxygen atoms in total. The number of esters is 3. The zero-order valence-electron chi connectivity index (χ0n) is 21.0. The van der Waals surface area contributed by atoms with Gasteiger partial charge in [0.15, 0.2) is 0 Å². The Morgan fingerprint density at radius 3 is 1.00 bits per heavy atom. The molecule has 34 heavy (non-hydrogen) atoms. The van der Waals surface area contributed by atoms with Gasteiger partial charge in [-0.25, -0.2) is 0 Å². The van der Waals surface area contributed by atoms with Gasteiger partial charge in [-0.05, 0) is 38.5 Å². The van der Waals surface area contributed by atoms with E-state index < -0.39 is 0 Å². The fourth-order valence-corrected chi connectivity index (χ4v) is 5.53. The summed E-state index contributed by atoms with van der Waals surface area (Å²) >= 11 is 0. The minimum atomic E-state index is -0.0906. The van der Waals surface area contributed by atoms with Gasteiger partial charge in [-0.1, -0.05) is 57.8 Å². The average Bonchev–Trinajstić information content (AvgIpc) is 2.89. The highest BCUT2D eigenvalue weighted by Gasteiger charge is 2.25. The number of rotatable bonds is 12. The molecule has 0 bridgehead atoms. The van der Waals surface area contributed by atoms with E-state index in [1.54, 1.807) is 0 Å². The molecule has 0 heterocycles. The first-order valence-corrected chi connectivity index (χ1v) is 13.9. The van der Waals surface area contributed by atoms with E-state index in [4.69, 9.17) is 14.2 Å². The van der Waals surface area contributed by atoms with Crippen LogP contribution in [-0.2, 0) is 28.6 Å². The zero-order chi connectivity index (χ0) is 24.0. The molecule has 0 aromatic heterocycles. The Hall–Kier alpha value is -1.63. The summed E-state index contributed by atoms with van der Waals surface area (Å²) in [4.78, 5) is 39.1. The summed E-state index contributed by atoms with van der Waals surface area (Å²) in [5, 5.41) is 0. The molecule has 194 valence electrons. The van der Waals surface area contributed by atoms with Crippen LogP contribution in [0.1, 0.15) is 96.3 Å². The monoisotopic (exact) mass is 479 g/mol. The van der Waals surface area contributed by atoms with Crippen LogP contribution >= 0.6 is 0 Å². The number of nitrogens with zero attached hydrogens (tertiary/aromatic N) is 1. The van der Waals surface area contributed by atoms with Crippen molar-refractivity contribution >= 4 is 17.9 Å². The predicted molar refractivity (Wildman–Crippen MR) is 129 cm³/mol. The smallest absolute Gasteiger partial charge is 0.308 e. The van der Waals surface area contributed by atoms with Crippen molar-refractivity contribution in [1.29, 1.82) is 0 Å². The van der Waals surface area contributed by atoms with Crippen LogP contribution in [0.25, 0.3) is 0 Å². The first-order chi connectivity index (χ1) is 16.6. The van der Waals surface area contributed by atoms with Gasteiger partial charge in [-0.15, -0.1) is 0 Å². The molecule has 0 saturated heterocycles. The van der Waals surface area contributed by atoms with E-state index >= 15 is 0 Å². The first-order valence-electron chi connectivity index (χ1n) is 13.9. The summed E-state index contributed by atoms with van der Waals surface area (Å²) in [5.74, 6) is -0.161. The minimum Gasteiger partial charge on any atom is -0.464 e. The standard InChI is InChI=1S/C27H45NO6/c29-25(22-10-4-1-5-11-22)32-19-16-28(17-20-33-26(30)23-12-6-2-7-13-23)18-21-34-27(31)24-14-8-3-9-15-24/h22-24H,1-21H2. The molecule has 0 atom stereocenters. The third kappa shape index (κ3) is 9.55. The molecule has 0 radical (unpaired) electrons. The molecule has 0 unspecified atom stereocenters. The van der Waals surface area contributed by atoms with Crippen LogP contribution < -0.4 is 0 Å². The van der Waals surface area contributed by atoms with Crippen LogP contribution in [0.15, 0.2) is 0 Å². The molecule has 3 saturated carbocycles. The van der Waals surface area contributed by atoms with Crippen LogP contribution in [0, 0.1) is 17.8 Å². The van der Waals surface area contributed by atoms with Crippen molar-refractivity contribution in [2.45, 2.75) is 96.3 Å². The maximum Gasteiger partial charge on any atom is 0.308 e. The maximum absolute atomic E-state index is 12.4. The fraction of sp³-hybridized carbons (Fsp3) is 0.889. The molecule has 3 rings (SSSR count). The Balaban J connectivity index is 1.39. The van der Waals surface area contributed by atoms with Crippen LogP contribution in [0.3, 0.4) is 0 Å². The second-order valence-electron chi connectivity index (χ2n) is 10.3. The van der Waals surface area contributed by atoms with Crippen molar-refractivity contribution in [3.63, 3.8) is 0 Å². The fourth-order valence-electron chi connectivity index (χ4n) is 5.53. The summed E-state index contributed by atoms with van der Waals surface area (Å²) in [6.07, 6.45) is 15.8. The number of carbonyl (C=O) groups is 3. The van der Waals surface area contributed by atoms with E-state index in [0.29, 0.717) is 39.5 Å². The third-order valence-electron chi connectivity index (χ3n) is 7.77. The SMILES string of the molecule is O=C(OCCN(CCOC(=O)C1CCCCC1)CCOC(=O)C1CCCCC1)C1CCCCC1. The number of hydrogen-bond donors (Lipinski definition) is 0. The molecule has 0 N–H and O–H groups in total. The second-order valence-corrected chi connectivity index (χ2v) is 10.3. The summed E-state index contributed by atoms with van der Waals surface area (Å²) in [6, 6.07) is 0. The van der Waals surface area contributed by atoms with Gasteiger partial charge < -0.3 is 14.2 Å². The average molecular weight is 480 g/mol. The molecule has 3 aliphatic rings. The first kappa shape index (κ1) is 27.0. The van der Waals surface area contributed by atoms with Crippen LogP contribution in [0.5, 0.6) is 0 Å². The van der Waals surface area contributed by atoms with Crippen molar-refractivity contribution in [1.82, 2.24) is 4.90 Å². The van der Waals surface area contributed by atoms with Gasteiger partial charge in [0.1, 0.15) is 19.8 Å². The molecule has 0 aliphatic heterocycles. The van der Waals surface area contributed by atoms with Gasteiger partial charge >= 0.3 is 17.9 Å². The Morgan fingerprint density at radius 1 is 0.471 bits per heavy atom. The van der Waals surface area contributed by atoms with Crippen LogP contribution in [-0.4, -0.2) is 62.3 Å². The maximum atomic E-state index is 12.4. The Bertz CT molecular complexity index is 535. The second kappa shape index (κ2) is 15.4. The summed E-state index contributed by atoms with van der Waals surface area (Å²) in [6.45, 7) is 2.55. The highest BCUT2D eigenvalue weighted by molar-refractivity contribution is 5.73. The van der Waals surface area contributed by atoms with Gasteiger partial charge in [0.25, 0.3) is 0 Å². The number of ether oxygens (including phenoxy) is 3. The minimum absolute atomic E-state index is 0.0371. The van der Waals surface area contributed by atoms with Crippen molar-refractivity contribution in [3.8, 4) is 0 Å².